The van der Waals surface area contributed by atoms with Gasteiger partial charge in [-0.15, -0.1) is 0 Å². The molecule has 0 spiro atoms. The van der Waals surface area contributed by atoms with Crippen LogP contribution in [0.5, 0.6) is 0 Å². The summed E-state index contributed by atoms with van der Waals surface area (Å²) < 4.78 is 5.09. The highest BCUT2D eigenvalue weighted by Gasteiger charge is 2.45. The van der Waals surface area contributed by atoms with Crippen molar-refractivity contribution in [1.29, 1.82) is 0 Å². The Balaban J connectivity index is 2.69. The van der Waals surface area contributed by atoms with Gasteiger partial charge < -0.3 is 14.9 Å². The van der Waals surface area contributed by atoms with Gasteiger partial charge >= 0.3 is 0 Å². The molecule has 66 valence electrons. The number of aliphatic hydroxyl groups excluding tert-OH is 1. The van der Waals surface area contributed by atoms with Crippen LogP contribution in [0.1, 0.15) is 20.3 Å². The number of hydrogen-bond donors (Lipinski definition) is 2. The fourth-order valence-electron chi connectivity index (χ4n) is 1.24. The third-order valence-electron chi connectivity index (χ3n) is 2.66. The van der Waals surface area contributed by atoms with Crippen molar-refractivity contribution in [2.24, 2.45) is 5.41 Å². The van der Waals surface area contributed by atoms with E-state index in [1.807, 2.05) is 13.8 Å². The minimum Gasteiger partial charge on any atom is -0.396 e. The summed E-state index contributed by atoms with van der Waals surface area (Å²) in [4.78, 5) is 0. The molecule has 3 heteroatoms. The number of rotatable bonds is 2. The van der Waals surface area contributed by atoms with E-state index in [9.17, 15) is 5.11 Å². The Kier molecular flexibility index (Phi) is 2.23. The summed E-state index contributed by atoms with van der Waals surface area (Å²) in [7, 11) is 0. The third kappa shape index (κ3) is 1.41. The average Bonchev–Trinajstić information content (AvgIpc) is 2.38. The molecular formula is C8H16O3. The maximum Gasteiger partial charge on any atom is 0.0974 e. The lowest BCUT2D eigenvalue weighted by atomic mass is 9.75. The predicted molar refractivity (Wildman–Crippen MR) is 41.3 cm³/mol. The van der Waals surface area contributed by atoms with Gasteiger partial charge in [-0.25, -0.2) is 0 Å². The summed E-state index contributed by atoms with van der Waals surface area (Å²) in [6.45, 7) is 4.64. The minimum absolute atomic E-state index is 0.00708. The average molecular weight is 160 g/mol. The molecule has 0 amide bonds. The molecule has 0 aromatic rings. The lowest BCUT2D eigenvalue weighted by Crippen LogP contribution is -2.47. The first kappa shape index (κ1) is 8.97. The molecule has 0 saturated carbocycles. The summed E-state index contributed by atoms with van der Waals surface area (Å²) in [5.41, 5.74) is -1.29. The molecule has 0 aromatic carbocycles. The molecule has 1 fully saturated rings. The van der Waals surface area contributed by atoms with E-state index < -0.39 is 11.0 Å². The summed E-state index contributed by atoms with van der Waals surface area (Å²) in [5.74, 6) is 0. The first-order valence-corrected chi connectivity index (χ1v) is 3.93. The molecule has 1 rings (SSSR count). The van der Waals surface area contributed by atoms with Gasteiger partial charge in [-0.05, 0) is 0 Å². The molecule has 0 aliphatic carbocycles. The van der Waals surface area contributed by atoms with E-state index in [1.54, 1.807) is 0 Å². The topological polar surface area (TPSA) is 49.7 Å². The summed E-state index contributed by atoms with van der Waals surface area (Å²) in [5, 5.41) is 18.9. The molecule has 1 unspecified atom stereocenters. The van der Waals surface area contributed by atoms with Crippen molar-refractivity contribution in [2.75, 3.05) is 19.8 Å². The summed E-state index contributed by atoms with van der Waals surface area (Å²) in [6.07, 6.45) is 0.626. The fraction of sp³-hybridized carbons (Fsp3) is 1.00. The molecule has 1 atom stereocenters. The van der Waals surface area contributed by atoms with Gasteiger partial charge in [0.25, 0.3) is 0 Å². The van der Waals surface area contributed by atoms with Gasteiger partial charge in [0.2, 0.25) is 0 Å². The van der Waals surface area contributed by atoms with Crippen LogP contribution in [0, 0.1) is 5.41 Å². The molecule has 1 aliphatic heterocycles. The fourth-order valence-corrected chi connectivity index (χ4v) is 1.24. The molecule has 1 saturated heterocycles. The molecule has 11 heavy (non-hydrogen) atoms. The molecule has 0 bridgehead atoms. The van der Waals surface area contributed by atoms with Crippen LogP contribution in [0.15, 0.2) is 0 Å². The third-order valence-corrected chi connectivity index (χ3v) is 2.66. The second-order valence-electron chi connectivity index (χ2n) is 3.88. The number of hydrogen-bond acceptors (Lipinski definition) is 3. The molecule has 0 aromatic heterocycles. The number of ether oxygens (including phenoxy) is 1. The van der Waals surface area contributed by atoms with E-state index in [0.29, 0.717) is 19.6 Å². The van der Waals surface area contributed by atoms with Crippen LogP contribution in [0.2, 0.25) is 0 Å². The lowest BCUT2D eigenvalue weighted by molar-refractivity contribution is -0.0912. The van der Waals surface area contributed by atoms with Crippen LogP contribution in [0.4, 0.5) is 0 Å². The lowest BCUT2D eigenvalue weighted by Gasteiger charge is -2.37. The monoisotopic (exact) mass is 160 g/mol. The van der Waals surface area contributed by atoms with Crippen molar-refractivity contribution >= 4 is 0 Å². The zero-order valence-corrected chi connectivity index (χ0v) is 7.13. The Morgan fingerprint density at radius 1 is 1.55 bits per heavy atom. The van der Waals surface area contributed by atoms with Crippen LogP contribution in [0.3, 0.4) is 0 Å². The van der Waals surface area contributed by atoms with E-state index in [0.717, 1.165) is 0 Å². The molecule has 1 heterocycles. The molecule has 3 nitrogen and oxygen atoms in total. The summed E-state index contributed by atoms with van der Waals surface area (Å²) >= 11 is 0. The van der Waals surface area contributed by atoms with Gasteiger partial charge in [0, 0.05) is 18.4 Å². The Bertz CT molecular complexity index is 136. The van der Waals surface area contributed by atoms with Crippen LogP contribution >= 0.6 is 0 Å². The summed E-state index contributed by atoms with van der Waals surface area (Å²) in [6, 6.07) is 0. The Morgan fingerprint density at radius 2 is 2.18 bits per heavy atom. The molecular weight excluding hydrogens is 144 g/mol. The van der Waals surface area contributed by atoms with Gasteiger partial charge in [-0.2, -0.15) is 0 Å². The number of aliphatic hydroxyl groups is 2. The van der Waals surface area contributed by atoms with Gasteiger partial charge in [0.15, 0.2) is 0 Å². The van der Waals surface area contributed by atoms with Gasteiger partial charge in [-0.1, -0.05) is 13.8 Å². The van der Waals surface area contributed by atoms with Crippen LogP contribution in [0.25, 0.3) is 0 Å². The zero-order valence-electron chi connectivity index (χ0n) is 7.13. The molecule has 2 N–H and O–H groups in total. The van der Waals surface area contributed by atoms with Crippen molar-refractivity contribution in [3.8, 4) is 0 Å². The van der Waals surface area contributed by atoms with Crippen molar-refractivity contribution in [3.63, 3.8) is 0 Å². The Hall–Kier alpha value is -0.120. The maximum atomic E-state index is 9.93. The standard InChI is InChI=1S/C8H16O3/c1-7(2,5-9)8(10)3-4-11-6-8/h9-10H,3-6H2,1-2H3. The minimum atomic E-state index is -0.832. The van der Waals surface area contributed by atoms with Crippen LogP contribution < -0.4 is 0 Å². The van der Waals surface area contributed by atoms with E-state index in [2.05, 4.69) is 0 Å². The first-order valence-electron chi connectivity index (χ1n) is 3.93. The van der Waals surface area contributed by atoms with Crippen molar-refractivity contribution in [2.45, 2.75) is 25.9 Å². The quantitative estimate of drug-likeness (QED) is 0.605. The second kappa shape index (κ2) is 2.73. The SMILES string of the molecule is CC(C)(CO)C1(O)CCOC1. The smallest absolute Gasteiger partial charge is 0.0974 e. The van der Waals surface area contributed by atoms with Crippen LogP contribution in [-0.2, 0) is 4.74 Å². The van der Waals surface area contributed by atoms with Gasteiger partial charge in [0.05, 0.1) is 18.8 Å². The highest BCUT2D eigenvalue weighted by atomic mass is 16.5. The van der Waals surface area contributed by atoms with E-state index in [-0.39, 0.29) is 6.61 Å². The van der Waals surface area contributed by atoms with E-state index >= 15 is 0 Å². The van der Waals surface area contributed by atoms with Gasteiger partial charge in [-0.3, -0.25) is 0 Å². The first-order chi connectivity index (χ1) is 5.02. The predicted octanol–water partition coefficient (Wildman–Crippen LogP) is 0.156. The van der Waals surface area contributed by atoms with E-state index in [1.165, 1.54) is 0 Å². The van der Waals surface area contributed by atoms with Crippen molar-refractivity contribution in [3.05, 3.63) is 0 Å². The van der Waals surface area contributed by atoms with Crippen molar-refractivity contribution < 1.29 is 14.9 Å². The molecule has 0 radical (unpaired) electrons. The highest BCUT2D eigenvalue weighted by molar-refractivity contribution is 4.95. The van der Waals surface area contributed by atoms with Crippen molar-refractivity contribution in [1.82, 2.24) is 0 Å². The Labute approximate surface area is 67.0 Å². The van der Waals surface area contributed by atoms with Crippen LogP contribution in [-0.4, -0.2) is 35.6 Å². The zero-order chi connectivity index (χ0) is 8.54. The normalized spacial score (nSPS) is 32.7. The highest BCUT2D eigenvalue weighted by Crippen LogP contribution is 2.36. The molecule has 1 aliphatic rings. The Morgan fingerprint density at radius 3 is 2.55 bits per heavy atom. The van der Waals surface area contributed by atoms with Gasteiger partial charge in [0.1, 0.15) is 0 Å². The second-order valence-corrected chi connectivity index (χ2v) is 3.88. The maximum absolute atomic E-state index is 9.93. The largest absolute Gasteiger partial charge is 0.396 e. The van der Waals surface area contributed by atoms with E-state index in [4.69, 9.17) is 9.84 Å².